The monoisotopic (exact) mass is 240 g/mol. The molecule has 3 heteroatoms. The lowest BCUT2D eigenvalue weighted by Gasteiger charge is -1.94. The van der Waals surface area contributed by atoms with Crippen molar-refractivity contribution in [2.24, 2.45) is 0 Å². The quantitative estimate of drug-likeness (QED) is 0.657. The molecule has 1 N–H and O–H groups in total. The van der Waals surface area contributed by atoms with Crippen LogP contribution in [0.5, 0.6) is 0 Å². The summed E-state index contributed by atoms with van der Waals surface area (Å²) in [5.74, 6) is 1.66. The van der Waals surface area contributed by atoms with Gasteiger partial charge in [0, 0.05) is 11.3 Å². The molecule has 0 amide bonds. The Morgan fingerprint density at radius 3 is 2.65 bits per heavy atom. The molecule has 0 fully saturated rings. The summed E-state index contributed by atoms with van der Waals surface area (Å²) in [6.07, 6.45) is 0. The van der Waals surface area contributed by atoms with Crippen LogP contribution < -0.4 is 0 Å². The molecule has 0 aliphatic heterocycles. The highest BCUT2D eigenvalue weighted by Gasteiger charge is 2.04. The number of nitrogens with zero attached hydrogens (tertiary/aromatic N) is 1. The van der Waals surface area contributed by atoms with Gasteiger partial charge in [-0.2, -0.15) is 12.6 Å². The van der Waals surface area contributed by atoms with Gasteiger partial charge in [-0.25, -0.2) is 4.98 Å². The Hall–Kier alpha value is -1.74. The normalized spacial score (nSPS) is 10.9. The van der Waals surface area contributed by atoms with Gasteiger partial charge in [0.15, 0.2) is 0 Å². The largest absolute Gasteiger partial charge is 0.338 e. The fraction of sp³-hybridized carbons (Fsp3) is 0.0714. The van der Waals surface area contributed by atoms with Gasteiger partial charge in [0.2, 0.25) is 0 Å². The fourth-order valence-corrected chi connectivity index (χ4v) is 2.08. The van der Waals surface area contributed by atoms with Crippen LogP contribution in [0.1, 0.15) is 5.56 Å². The number of nitrogens with one attached hydrogen (secondary N) is 1. The maximum atomic E-state index is 4.58. The summed E-state index contributed by atoms with van der Waals surface area (Å²) in [7, 11) is 0. The average molecular weight is 240 g/mol. The number of fused-ring (bicyclic) bond motifs is 1. The van der Waals surface area contributed by atoms with Crippen LogP contribution in [-0.2, 0) is 5.75 Å². The van der Waals surface area contributed by atoms with E-state index >= 15 is 0 Å². The van der Waals surface area contributed by atoms with E-state index in [4.69, 9.17) is 0 Å². The molecule has 0 atom stereocenters. The maximum absolute atomic E-state index is 4.58. The van der Waals surface area contributed by atoms with Crippen molar-refractivity contribution in [1.29, 1.82) is 0 Å². The summed E-state index contributed by atoms with van der Waals surface area (Å²) in [4.78, 5) is 7.92. The Morgan fingerprint density at radius 2 is 1.88 bits per heavy atom. The molecule has 0 radical (unpaired) electrons. The number of benzene rings is 2. The lowest BCUT2D eigenvalue weighted by molar-refractivity contribution is 1.34. The molecular formula is C14H12N2S. The van der Waals surface area contributed by atoms with Crippen LogP contribution in [0, 0.1) is 0 Å². The Bertz CT molecular complexity index is 644. The van der Waals surface area contributed by atoms with E-state index in [1.54, 1.807) is 0 Å². The van der Waals surface area contributed by atoms with E-state index in [0.717, 1.165) is 28.2 Å². The van der Waals surface area contributed by atoms with E-state index in [-0.39, 0.29) is 0 Å². The highest BCUT2D eigenvalue weighted by atomic mass is 32.1. The number of thiol groups is 1. The summed E-state index contributed by atoms with van der Waals surface area (Å²) in [6.45, 7) is 0. The second-order valence-electron chi connectivity index (χ2n) is 3.96. The third-order valence-corrected chi connectivity index (χ3v) is 3.14. The van der Waals surface area contributed by atoms with Crippen LogP contribution in [0.3, 0.4) is 0 Å². The number of hydrogen-bond acceptors (Lipinski definition) is 2. The average Bonchev–Trinajstić information content (AvgIpc) is 2.82. The van der Waals surface area contributed by atoms with Crippen LogP contribution in [-0.4, -0.2) is 9.97 Å². The molecular weight excluding hydrogens is 228 g/mol. The molecule has 84 valence electrons. The van der Waals surface area contributed by atoms with Gasteiger partial charge < -0.3 is 4.98 Å². The summed E-state index contributed by atoms with van der Waals surface area (Å²) in [6, 6.07) is 16.3. The second-order valence-corrected chi connectivity index (χ2v) is 4.28. The minimum absolute atomic E-state index is 0.746. The predicted octanol–water partition coefficient (Wildman–Crippen LogP) is 3.66. The Labute approximate surface area is 105 Å². The molecule has 2 nitrogen and oxygen atoms in total. The number of H-pyrrole nitrogens is 1. The zero-order valence-corrected chi connectivity index (χ0v) is 10.1. The lowest BCUT2D eigenvalue weighted by Crippen LogP contribution is -1.78. The van der Waals surface area contributed by atoms with Gasteiger partial charge in [-0.15, -0.1) is 0 Å². The number of aromatic amines is 1. The third-order valence-electron chi connectivity index (χ3n) is 2.78. The highest BCUT2D eigenvalue weighted by Crippen LogP contribution is 2.21. The van der Waals surface area contributed by atoms with Crippen molar-refractivity contribution in [3.8, 4) is 11.4 Å². The molecule has 17 heavy (non-hydrogen) atoms. The van der Waals surface area contributed by atoms with Gasteiger partial charge in [-0.05, 0) is 17.7 Å². The van der Waals surface area contributed by atoms with E-state index in [1.807, 2.05) is 24.3 Å². The van der Waals surface area contributed by atoms with Gasteiger partial charge >= 0.3 is 0 Å². The Kier molecular flexibility index (Phi) is 2.61. The third kappa shape index (κ3) is 1.94. The molecule has 1 heterocycles. The first-order valence-corrected chi connectivity index (χ1v) is 6.15. The van der Waals surface area contributed by atoms with E-state index in [0.29, 0.717) is 0 Å². The first-order chi connectivity index (χ1) is 8.36. The predicted molar refractivity (Wildman–Crippen MR) is 74.2 cm³/mol. The van der Waals surface area contributed by atoms with E-state index < -0.39 is 0 Å². The molecule has 0 aliphatic carbocycles. The zero-order chi connectivity index (χ0) is 11.7. The van der Waals surface area contributed by atoms with E-state index in [2.05, 4.69) is 46.9 Å². The van der Waals surface area contributed by atoms with Crippen LogP contribution >= 0.6 is 12.6 Å². The van der Waals surface area contributed by atoms with Crippen molar-refractivity contribution in [2.45, 2.75) is 5.75 Å². The molecule has 2 aromatic carbocycles. The van der Waals surface area contributed by atoms with Crippen molar-refractivity contribution < 1.29 is 0 Å². The van der Waals surface area contributed by atoms with E-state index in [1.165, 1.54) is 5.56 Å². The van der Waals surface area contributed by atoms with Gasteiger partial charge in [0.1, 0.15) is 5.82 Å². The van der Waals surface area contributed by atoms with Crippen molar-refractivity contribution >= 4 is 23.7 Å². The highest BCUT2D eigenvalue weighted by molar-refractivity contribution is 7.79. The van der Waals surface area contributed by atoms with Gasteiger partial charge in [-0.3, -0.25) is 0 Å². The van der Waals surface area contributed by atoms with Crippen LogP contribution in [0.25, 0.3) is 22.4 Å². The molecule has 0 saturated carbocycles. The standard InChI is InChI=1S/C14H12N2S/c17-9-10-6-7-12-13(8-10)16-14(15-12)11-4-2-1-3-5-11/h1-8,17H,9H2,(H,15,16). The van der Waals surface area contributed by atoms with Crippen molar-refractivity contribution in [2.75, 3.05) is 0 Å². The molecule has 1 aromatic heterocycles. The van der Waals surface area contributed by atoms with Crippen molar-refractivity contribution in [1.82, 2.24) is 9.97 Å². The first-order valence-electron chi connectivity index (χ1n) is 5.52. The first kappa shape index (κ1) is 10.4. The molecule has 0 aliphatic rings. The number of aromatic nitrogens is 2. The van der Waals surface area contributed by atoms with Crippen LogP contribution in [0.2, 0.25) is 0 Å². The molecule has 0 unspecified atom stereocenters. The van der Waals surface area contributed by atoms with Gasteiger partial charge in [0.05, 0.1) is 11.0 Å². The molecule has 3 rings (SSSR count). The maximum Gasteiger partial charge on any atom is 0.138 e. The summed E-state index contributed by atoms with van der Waals surface area (Å²) in [5.41, 5.74) is 4.37. The second kappa shape index (κ2) is 4.26. The minimum Gasteiger partial charge on any atom is -0.338 e. The zero-order valence-electron chi connectivity index (χ0n) is 9.22. The number of hydrogen-bond donors (Lipinski definition) is 2. The molecule has 0 saturated heterocycles. The molecule has 0 spiro atoms. The van der Waals surface area contributed by atoms with E-state index in [9.17, 15) is 0 Å². The number of imidazole rings is 1. The topological polar surface area (TPSA) is 28.7 Å². The smallest absolute Gasteiger partial charge is 0.138 e. The molecule has 3 aromatic rings. The summed E-state index contributed by atoms with van der Waals surface area (Å²) >= 11 is 4.28. The summed E-state index contributed by atoms with van der Waals surface area (Å²) in [5, 5.41) is 0. The Balaban J connectivity index is 2.14. The Morgan fingerprint density at radius 1 is 1.06 bits per heavy atom. The van der Waals surface area contributed by atoms with Gasteiger partial charge in [0.25, 0.3) is 0 Å². The van der Waals surface area contributed by atoms with Crippen molar-refractivity contribution in [3.05, 3.63) is 54.1 Å². The number of rotatable bonds is 2. The fourth-order valence-electron chi connectivity index (χ4n) is 1.89. The van der Waals surface area contributed by atoms with Crippen LogP contribution in [0.4, 0.5) is 0 Å². The van der Waals surface area contributed by atoms with Gasteiger partial charge in [-0.1, -0.05) is 36.4 Å². The summed E-state index contributed by atoms with van der Waals surface area (Å²) < 4.78 is 0. The van der Waals surface area contributed by atoms with Crippen LogP contribution in [0.15, 0.2) is 48.5 Å². The lowest BCUT2D eigenvalue weighted by atomic mass is 10.2. The molecule has 0 bridgehead atoms. The SMILES string of the molecule is SCc1ccc2nc(-c3ccccc3)[nH]c2c1. The minimum atomic E-state index is 0.746. The van der Waals surface area contributed by atoms with Crippen molar-refractivity contribution in [3.63, 3.8) is 0 Å².